The number of amides is 3. The summed E-state index contributed by atoms with van der Waals surface area (Å²) in [5, 5.41) is 2.73. The summed E-state index contributed by atoms with van der Waals surface area (Å²) in [5.74, 6) is -1.33. The largest absolute Gasteiger partial charge is 0.495 e. The van der Waals surface area contributed by atoms with E-state index >= 15 is 0 Å². The molecule has 39 heavy (non-hydrogen) atoms. The Morgan fingerprint density at radius 2 is 1.56 bits per heavy atom. The van der Waals surface area contributed by atoms with Gasteiger partial charge in [0.2, 0.25) is 0 Å². The van der Waals surface area contributed by atoms with Gasteiger partial charge in [0.15, 0.2) is 0 Å². The van der Waals surface area contributed by atoms with Gasteiger partial charge in [-0.2, -0.15) is 0 Å². The fourth-order valence-electron chi connectivity index (χ4n) is 3.78. The van der Waals surface area contributed by atoms with Crippen LogP contribution in [-0.4, -0.2) is 39.3 Å². The monoisotopic (exact) mass is 552 g/mol. The number of hydrogen-bond donors (Lipinski definition) is 4. The molecule has 206 valence electrons. The van der Waals surface area contributed by atoms with Crippen molar-refractivity contribution in [3.8, 4) is 5.75 Å². The molecule has 3 aromatic rings. The van der Waals surface area contributed by atoms with Crippen LogP contribution in [0.25, 0.3) is 0 Å². The number of aryl methyl sites for hydroxylation is 1. The molecular weight excluding hydrogens is 520 g/mol. The van der Waals surface area contributed by atoms with E-state index in [-0.39, 0.29) is 22.1 Å². The standard InChI is InChI=1S/C28H32N4O6S/c1-18(2)16-24(29-27(34)22-13-6-5-10-19(22)3)28(35)31-30-26(33)20-11-9-12-21(17-20)39(36,37)32-23-14-7-8-15-25(23)38-4/h5-15,17-18,24,32H,16H2,1-4H3,(H,29,34)(H,30,33)(H,31,35)/t24-/m1/s1. The van der Waals surface area contributed by atoms with Crippen LogP contribution in [0, 0.1) is 12.8 Å². The lowest BCUT2D eigenvalue weighted by Crippen LogP contribution is -2.52. The average molecular weight is 553 g/mol. The van der Waals surface area contributed by atoms with E-state index in [1.807, 2.05) is 19.9 Å². The Bertz CT molecular complexity index is 1460. The number of sulfonamides is 1. The fourth-order valence-corrected chi connectivity index (χ4v) is 4.90. The van der Waals surface area contributed by atoms with Crippen molar-refractivity contribution in [2.24, 2.45) is 5.92 Å². The van der Waals surface area contributed by atoms with Gasteiger partial charge in [-0.3, -0.25) is 30.0 Å². The summed E-state index contributed by atoms with van der Waals surface area (Å²) in [5.41, 5.74) is 6.09. The molecule has 0 saturated carbocycles. The van der Waals surface area contributed by atoms with E-state index in [1.165, 1.54) is 31.4 Å². The van der Waals surface area contributed by atoms with E-state index in [1.54, 1.807) is 49.4 Å². The number of para-hydroxylation sites is 2. The number of rotatable bonds is 10. The van der Waals surface area contributed by atoms with Gasteiger partial charge in [-0.25, -0.2) is 8.42 Å². The lowest BCUT2D eigenvalue weighted by Gasteiger charge is -2.21. The summed E-state index contributed by atoms with van der Waals surface area (Å²) < 4.78 is 33.5. The number of methoxy groups -OCH3 is 1. The highest BCUT2D eigenvalue weighted by Gasteiger charge is 2.24. The van der Waals surface area contributed by atoms with Crippen LogP contribution in [0.5, 0.6) is 5.75 Å². The zero-order chi connectivity index (χ0) is 28.6. The molecular formula is C28H32N4O6S. The molecule has 0 aromatic heterocycles. The number of anilines is 1. The van der Waals surface area contributed by atoms with Gasteiger partial charge < -0.3 is 10.1 Å². The van der Waals surface area contributed by atoms with E-state index in [2.05, 4.69) is 20.9 Å². The number of hydrogen-bond acceptors (Lipinski definition) is 6. The molecule has 0 saturated heterocycles. The Kier molecular flexibility index (Phi) is 9.67. The molecule has 1 atom stereocenters. The lowest BCUT2D eigenvalue weighted by molar-refractivity contribution is -0.124. The minimum absolute atomic E-state index is 0.00237. The highest BCUT2D eigenvalue weighted by molar-refractivity contribution is 7.92. The second-order valence-electron chi connectivity index (χ2n) is 9.25. The molecule has 10 nitrogen and oxygen atoms in total. The molecule has 0 bridgehead atoms. The first-order valence-corrected chi connectivity index (χ1v) is 13.7. The zero-order valence-electron chi connectivity index (χ0n) is 22.1. The maximum absolute atomic E-state index is 12.9. The zero-order valence-corrected chi connectivity index (χ0v) is 23.0. The van der Waals surface area contributed by atoms with Crippen LogP contribution in [-0.2, 0) is 14.8 Å². The summed E-state index contributed by atoms with van der Waals surface area (Å²) >= 11 is 0. The Morgan fingerprint density at radius 1 is 0.872 bits per heavy atom. The molecule has 3 rings (SSSR count). The molecule has 0 unspecified atom stereocenters. The summed E-state index contributed by atoms with van der Waals surface area (Å²) in [6.07, 6.45) is 0.335. The van der Waals surface area contributed by atoms with Gasteiger partial charge >= 0.3 is 0 Å². The molecule has 11 heteroatoms. The number of nitrogens with one attached hydrogen (secondary N) is 4. The van der Waals surface area contributed by atoms with Gasteiger partial charge in [-0.15, -0.1) is 0 Å². The number of carbonyl (C=O) groups is 3. The van der Waals surface area contributed by atoms with Crippen molar-refractivity contribution in [3.63, 3.8) is 0 Å². The van der Waals surface area contributed by atoms with Crippen molar-refractivity contribution in [2.45, 2.75) is 38.1 Å². The van der Waals surface area contributed by atoms with Crippen LogP contribution < -0.4 is 25.6 Å². The van der Waals surface area contributed by atoms with Crippen LogP contribution in [0.1, 0.15) is 46.5 Å². The highest BCUT2D eigenvalue weighted by Crippen LogP contribution is 2.26. The van der Waals surface area contributed by atoms with Crippen molar-refractivity contribution < 1.29 is 27.5 Å². The Hall–Kier alpha value is -4.38. The van der Waals surface area contributed by atoms with Gasteiger partial charge in [-0.1, -0.05) is 50.2 Å². The van der Waals surface area contributed by atoms with Gasteiger partial charge in [0.25, 0.3) is 27.7 Å². The van der Waals surface area contributed by atoms with Crippen molar-refractivity contribution in [3.05, 3.63) is 89.5 Å². The van der Waals surface area contributed by atoms with E-state index in [0.717, 1.165) is 5.56 Å². The van der Waals surface area contributed by atoms with E-state index in [0.29, 0.717) is 17.7 Å². The van der Waals surface area contributed by atoms with Crippen LogP contribution in [0.2, 0.25) is 0 Å². The summed E-state index contributed by atoms with van der Waals surface area (Å²) in [7, 11) is -2.63. The van der Waals surface area contributed by atoms with Gasteiger partial charge in [0.1, 0.15) is 11.8 Å². The number of benzene rings is 3. The maximum atomic E-state index is 12.9. The molecule has 3 amide bonds. The molecule has 4 N–H and O–H groups in total. The third-order valence-electron chi connectivity index (χ3n) is 5.78. The fraction of sp³-hybridized carbons (Fsp3) is 0.250. The van der Waals surface area contributed by atoms with Gasteiger partial charge in [0, 0.05) is 11.1 Å². The molecule has 0 aliphatic heterocycles. The van der Waals surface area contributed by atoms with Crippen molar-refractivity contribution >= 4 is 33.4 Å². The Labute approximate surface area is 228 Å². The van der Waals surface area contributed by atoms with E-state index in [4.69, 9.17) is 4.74 Å². The molecule has 0 aliphatic rings. The van der Waals surface area contributed by atoms with Gasteiger partial charge in [0.05, 0.1) is 17.7 Å². The maximum Gasteiger partial charge on any atom is 0.269 e. The first-order chi connectivity index (χ1) is 18.5. The smallest absolute Gasteiger partial charge is 0.269 e. The van der Waals surface area contributed by atoms with Crippen molar-refractivity contribution in [2.75, 3.05) is 11.8 Å². The van der Waals surface area contributed by atoms with Crippen LogP contribution in [0.3, 0.4) is 0 Å². The average Bonchev–Trinajstić information content (AvgIpc) is 2.91. The number of carbonyl (C=O) groups excluding carboxylic acids is 3. The first-order valence-electron chi connectivity index (χ1n) is 12.2. The summed E-state index contributed by atoms with van der Waals surface area (Å²) in [6, 6.07) is 18.0. The topological polar surface area (TPSA) is 143 Å². The Morgan fingerprint density at radius 3 is 2.26 bits per heavy atom. The van der Waals surface area contributed by atoms with Gasteiger partial charge in [-0.05, 0) is 61.2 Å². The molecule has 0 spiro atoms. The first kappa shape index (κ1) is 29.2. The van der Waals surface area contributed by atoms with Crippen LogP contribution in [0.4, 0.5) is 5.69 Å². The Balaban J connectivity index is 1.69. The molecule has 3 aromatic carbocycles. The third kappa shape index (κ3) is 7.81. The van der Waals surface area contributed by atoms with Crippen molar-refractivity contribution in [1.82, 2.24) is 16.2 Å². The van der Waals surface area contributed by atoms with Crippen molar-refractivity contribution in [1.29, 1.82) is 0 Å². The number of ether oxygens (including phenoxy) is 1. The third-order valence-corrected chi connectivity index (χ3v) is 7.14. The second-order valence-corrected chi connectivity index (χ2v) is 10.9. The molecule has 0 aliphatic carbocycles. The predicted octanol–water partition coefficient (Wildman–Crippen LogP) is 3.41. The van der Waals surface area contributed by atoms with Crippen LogP contribution >= 0.6 is 0 Å². The summed E-state index contributed by atoms with van der Waals surface area (Å²) in [6.45, 7) is 5.61. The predicted molar refractivity (Wildman–Crippen MR) is 148 cm³/mol. The SMILES string of the molecule is COc1ccccc1NS(=O)(=O)c1cccc(C(=O)NNC(=O)[C@@H](CC(C)C)NC(=O)c2ccccc2C)c1. The van der Waals surface area contributed by atoms with E-state index in [9.17, 15) is 22.8 Å². The molecule has 0 fully saturated rings. The summed E-state index contributed by atoms with van der Waals surface area (Å²) in [4.78, 5) is 38.3. The quantitative estimate of drug-likeness (QED) is 0.284. The van der Waals surface area contributed by atoms with E-state index < -0.39 is 33.8 Å². The second kappa shape index (κ2) is 12.9. The normalized spacial score (nSPS) is 11.8. The minimum Gasteiger partial charge on any atom is -0.495 e. The minimum atomic E-state index is -4.05. The molecule has 0 heterocycles. The number of hydrazine groups is 1. The highest BCUT2D eigenvalue weighted by atomic mass is 32.2. The molecule has 0 radical (unpaired) electrons. The van der Waals surface area contributed by atoms with Crippen LogP contribution in [0.15, 0.2) is 77.7 Å². The lowest BCUT2D eigenvalue weighted by atomic mass is 10.0.